The number of nitrogens with one attached hydrogen (secondary N) is 1. The molecule has 1 aromatic rings. The minimum atomic E-state index is 0.174. The Bertz CT molecular complexity index is 415. The van der Waals surface area contributed by atoms with E-state index in [2.05, 4.69) is 41.4 Å². The Kier molecular flexibility index (Phi) is 3.64. The standard InChI is InChI=1S/C13H19N3O/c1-16(2)12(13-14-7-8-15-13)10-5-4-6-11(9-10)17-3/h4-6,9,12H,7-8H2,1-3H3,(H,14,15). The third kappa shape index (κ3) is 2.58. The Morgan fingerprint density at radius 1 is 1.41 bits per heavy atom. The second-order valence-corrected chi connectivity index (χ2v) is 4.34. The van der Waals surface area contributed by atoms with Gasteiger partial charge in [-0.3, -0.25) is 9.89 Å². The van der Waals surface area contributed by atoms with Crippen molar-refractivity contribution in [1.82, 2.24) is 10.2 Å². The smallest absolute Gasteiger partial charge is 0.119 e. The van der Waals surface area contributed by atoms with Gasteiger partial charge in [0.1, 0.15) is 11.6 Å². The van der Waals surface area contributed by atoms with Crippen LogP contribution in [0.15, 0.2) is 29.3 Å². The predicted octanol–water partition coefficient (Wildman–Crippen LogP) is 1.30. The van der Waals surface area contributed by atoms with Gasteiger partial charge >= 0.3 is 0 Å². The van der Waals surface area contributed by atoms with Crippen molar-refractivity contribution >= 4 is 5.84 Å². The van der Waals surface area contributed by atoms with E-state index in [9.17, 15) is 0 Å². The summed E-state index contributed by atoms with van der Waals surface area (Å²) >= 11 is 0. The van der Waals surface area contributed by atoms with Crippen molar-refractivity contribution < 1.29 is 4.74 Å². The van der Waals surface area contributed by atoms with E-state index in [0.717, 1.165) is 24.7 Å². The topological polar surface area (TPSA) is 36.9 Å². The number of amidine groups is 1. The van der Waals surface area contributed by atoms with Crippen LogP contribution < -0.4 is 10.1 Å². The summed E-state index contributed by atoms with van der Waals surface area (Å²) < 4.78 is 5.27. The summed E-state index contributed by atoms with van der Waals surface area (Å²) in [6.07, 6.45) is 0. The van der Waals surface area contributed by atoms with Crippen LogP contribution in [0.3, 0.4) is 0 Å². The van der Waals surface area contributed by atoms with Gasteiger partial charge in [0.2, 0.25) is 0 Å². The molecule has 1 unspecified atom stereocenters. The van der Waals surface area contributed by atoms with E-state index in [1.54, 1.807) is 7.11 Å². The summed E-state index contributed by atoms with van der Waals surface area (Å²) in [6.45, 7) is 1.80. The zero-order chi connectivity index (χ0) is 12.3. The number of nitrogens with zero attached hydrogens (tertiary/aromatic N) is 2. The van der Waals surface area contributed by atoms with E-state index < -0.39 is 0 Å². The maximum absolute atomic E-state index is 5.27. The quantitative estimate of drug-likeness (QED) is 0.851. The molecule has 1 aliphatic rings. The lowest BCUT2D eigenvalue weighted by Gasteiger charge is -2.25. The number of rotatable bonds is 4. The molecule has 4 heteroatoms. The van der Waals surface area contributed by atoms with Crippen molar-refractivity contribution in [3.05, 3.63) is 29.8 Å². The van der Waals surface area contributed by atoms with Crippen LogP contribution in [0.1, 0.15) is 11.6 Å². The first-order chi connectivity index (χ1) is 8.22. The zero-order valence-corrected chi connectivity index (χ0v) is 10.6. The molecule has 1 atom stereocenters. The monoisotopic (exact) mass is 233 g/mol. The molecule has 0 radical (unpaired) electrons. The first kappa shape index (κ1) is 11.9. The first-order valence-corrected chi connectivity index (χ1v) is 5.81. The maximum Gasteiger partial charge on any atom is 0.119 e. The molecular formula is C13H19N3O. The van der Waals surface area contributed by atoms with Gasteiger partial charge in [0.05, 0.1) is 19.7 Å². The van der Waals surface area contributed by atoms with Gasteiger partial charge in [-0.25, -0.2) is 0 Å². The molecule has 17 heavy (non-hydrogen) atoms. The molecule has 2 rings (SSSR count). The van der Waals surface area contributed by atoms with Gasteiger partial charge in [0.15, 0.2) is 0 Å². The minimum absolute atomic E-state index is 0.174. The number of likely N-dealkylation sites (N-methyl/N-ethyl adjacent to an activating group) is 1. The fourth-order valence-corrected chi connectivity index (χ4v) is 2.11. The van der Waals surface area contributed by atoms with E-state index >= 15 is 0 Å². The van der Waals surface area contributed by atoms with Crippen LogP contribution in [0.2, 0.25) is 0 Å². The van der Waals surface area contributed by atoms with Gasteiger partial charge in [-0.05, 0) is 31.8 Å². The van der Waals surface area contributed by atoms with Crippen LogP contribution >= 0.6 is 0 Å². The molecule has 4 nitrogen and oxygen atoms in total. The van der Waals surface area contributed by atoms with Crippen molar-refractivity contribution in [2.75, 3.05) is 34.3 Å². The maximum atomic E-state index is 5.27. The lowest BCUT2D eigenvalue weighted by Crippen LogP contribution is -2.34. The van der Waals surface area contributed by atoms with Crippen molar-refractivity contribution in [2.45, 2.75) is 6.04 Å². The van der Waals surface area contributed by atoms with E-state index in [-0.39, 0.29) is 6.04 Å². The van der Waals surface area contributed by atoms with E-state index in [1.165, 1.54) is 5.56 Å². The summed E-state index contributed by atoms with van der Waals surface area (Å²) in [5.74, 6) is 1.93. The molecule has 0 amide bonds. The second-order valence-electron chi connectivity index (χ2n) is 4.34. The van der Waals surface area contributed by atoms with Crippen LogP contribution in [0.25, 0.3) is 0 Å². The summed E-state index contributed by atoms with van der Waals surface area (Å²) in [5, 5.41) is 3.34. The molecule has 1 heterocycles. The number of hydrogen-bond donors (Lipinski definition) is 1. The van der Waals surface area contributed by atoms with Crippen molar-refractivity contribution in [2.24, 2.45) is 4.99 Å². The van der Waals surface area contributed by atoms with Crippen LogP contribution in [0.4, 0.5) is 0 Å². The van der Waals surface area contributed by atoms with Crippen molar-refractivity contribution in [1.29, 1.82) is 0 Å². The molecule has 0 saturated carbocycles. The summed E-state index contributed by atoms with van der Waals surface area (Å²) in [4.78, 5) is 6.67. The molecular weight excluding hydrogens is 214 g/mol. The largest absolute Gasteiger partial charge is 0.497 e. The highest BCUT2D eigenvalue weighted by Gasteiger charge is 2.22. The summed E-state index contributed by atoms with van der Waals surface area (Å²) in [6, 6.07) is 8.32. The molecule has 1 N–H and O–H groups in total. The first-order valence-electron chi connectivity index (χ1n) is 5.81. The Balaban J connectivity index is 2.31. The minimum Gasteiger partial charge on any atom is -0.497 e. The molecule has 0 saturated heterocycles. The Labute approximate surface area is 102 Å². The van der Waals surface area contributed by atoms with Gasteiger partial charge in [0.25, 0.3) is 0 Å². The van der Waals surface area contributed by atoms with Gasteiger partial charge in [0, 0.05) is 6.54 Å². The van der Waals surface area contributed by atoms with Gasteiger partial charge in [-0.1, -0.05) is 12.1 Å². The average Bonchev–Trinajstić information content (AvgIpc) is 2.83. The van der Waals surface area contributed by atoms with Crippen LogP contribution in [0, 0.1) is 0 Å². The number of aliphatic imine (C=N–C) groups is 1. The highest BCUT2D eigenvalue weighted by molar-refractivity contribution is 5.89. The van der Waals surface area contributed by atoms with Crippen LogP contribution in [0.5, 0.6) is 5.75 Å². The average molecular weight is 233 g/mol. The normalized spacial score (nSPS) is 16.6. The third-order valence-corrected chi connectivity index (χ3v) is 2.89. The van der Waals surface area contributed by atoms with Gasteiger partial charge in [-0.2, -0.15) is 0 Å². The Morgan fingerprint density at radius 2 is 2.24 bits per heavy atom. The molecule has 0 bridgehead atoms. The zero-order valence-electron chi connectivity index (χ0n) is 10.6. The molecule has 0 spiro atoms. The molecule has 0 aromatic heterocycles. The Hall–Kier alpha value is -1.55. The molecule has 1 aliphatic heterocycles. The van der Waals surface area contributed by atoms with Crippen molar-refractivity contribution in [3.8, 4) is 5.75 Å². The number of ether oxygens (including phenoxy) is 1. The highest BCUT2D eigenvalue weighted by Crippen LogP contribution is 2.24. The number of hydrogen-bond acceptors (Lipinski definition) is 4. The fraction of sp³-hybridized carbons (Fsp3) is 0.462. The SMILES string of the molecule is COc1cccc(C(C2=NCCN2)N(C)C)c1. The number of benzene rings is 1. The third-order valence-electron chi connectivity index (χ3n) is 2.89. The van der Waals surface area contributed by atoms with E-state index in [0.29, 0.717) is 0 Å². The lowest BCUT2D eigenvalue weighted by atomic mass is 10.0. The summed E-state index contributed by atoms with van der Waals surface area (Å²) in [7, 11) is 5.81. The molecule has 1 aromatic carbocycles. The second kappa shape index (κ2) is 5.19. The highest BCUT2D eigenvalue weighted by atomic mass is 16.5. The van der Waals surface area contributed by atoms with Crippen LogP contribution in [-0.2, 0) is 0 Å². The number of methoxy groups -OCH3 is 1. The van der Waals surface area contributed by atoms with Gasteiger partial charge in [-0.15, -0.1) is 0 Å². The van der Waals surface area contributed by atoms with Crippen molar-refractivity contribution in [3.63, 3.8) is 0 Å². The molecule has 0 aliphatic carbocycles. The van der Waals surface area contributed by atoms with E-state index in [4.69, 9.17) is 4.74 Å². The van der Waals surface area contributed by atoms with Crippen LogP contribution in [-0.4, -0.2) is 45.0 Å². The Morgan fingerprint density at radius 3 is 2.82 bits per heavy atom. The molecule has 92 valence electrons. The summed E-state index contributed by atoms with van der Waals surface area (Å²) in [5.41, 5.74) is 1.20. The van der Waals surface area contributed by atoms with Gasteiger partial charge < -0.3 is 10.1 Å². The lowest BCUT2D eigenvalue weighted by molar-refractivity contribution is 0.363. The predicted molar refractivity (Wildman–Crippen MR) is 69.7 cm³/mol. The fourth-order valence-electron chi connectivity index (χ4n) is 2.11. The van der Waals surface area contributed by atoms with E-state index in [1.807, 2.05) is 12.1 Å². The molecule has 0 fully saturated rings.